The SMILES string of the molecule is COc1ccc([C@H]2c3c(-c4ccccc4)n[nH]c3C(=O)N2c2ccc(Cl)cc2)cc1. The lowest BCUT2D eigenvalue weighted by molar-refractivity contribution is 0.0989. The maximum absolute atomic E-state index is 13.4. The van der Waals surface area contributed by atoms with E-state index in [2.05, 4.69) is 10.2 Å². The number of carbonyl (C=O) groups excluding carboxylic acids is 1. The molecule has 5 rings (SSSR count). The molecule has 1 aromatic heterocycles. The Hall–Kier alpha value is -3.57. The number of carbonyl (C=O) groups is 1. The van der Waals surface area contributed by atoms with Crippen molar-refractivity contribution in [2.45, 2.75) is 6.04 Å². The van der Waals surface area contributed by atoms with Gasteiger partial charge >= 0.3 is 0 Å². The lowest BCUT2D eigenvalue weighted by Gasteiger charge is -2.26. The highest BCUT2D eigenvalue weighted by Crippen LogP contribution is 2.45. The zero-order chi connectivity index (χ0) is 20.7. The molecule has 3 aromatic carbocycles. The third-order valence-corrected chi connectivity index (χ3v) is 5.60. The molecular weight excluding hydrogens is 398 g/mol. The van der Waals surface area contributed by atoms with E-state index < -0.39 is 0 Å². The Labute approximate surface area is 178 Å². The van der Waals surface area contributed by atoms with Crippen LogP contribution in [0.15, 0.2) is 78.9 Å². The van der Waals surface area contributed by atoms with E-state index in [1.807, 2.05) is 66.7 Å². The van der Waals surface area contributed by atoms with Crippen LogP contribution in [0.3, 0.4) is 0 Å². The number of H-pyrrole nitrogens is 1. The highest BCUT2D eigenvalue weighted by Gasteiger charge is 2.43. The quantitative estimate of drug-likeness (QED) is 0.479. The number of nitrogens with zero attached hydrogens (tertiary/aromatic N) is 2. The van der Waals surface area contributed by atoms with Crippen molar-refractivity contribution in [3.63, 3.8) is 0 Å². The highest BCUT2D eigenvalue weighted by atomic mass is 35.5. The van der Waals surface area contributed by atoms with Gasteiger partial charge in [-0.2, -0.15) is 5.10 Å². The minimum atomic E-state index is -0.325. The van der Waals surface area contributed by atoms with E-state index in [1.54, 1.807) is 24.1 Å². The fourth-order valence-electron chi connectivity index (χ4n) is 3.93. The summed E-state index contributed by atoms with van der Waals surface area (Å²) in [5.74, 6) is 0.639. The molecule has 0 bridgehead atoms. The summed E-state index contributed by atoms with van der Waals surface area (Å²) in [7, 11) is 1.63. The molecule has 0 spiro atoms. The summed E-state index contributed by atoms with van der Waals surface area (Å²) in [5, 5.41) is 8.09. The van der Waals surface area contributed by atoms with Crippen LogP contribution >= 0.6 is 11.6 Å². The number of aromatic amines is 1. The van der Waals surface area contributed by atoms with Gasteiger partial charge in [-0.05, 0) is 42.0 Å². The van der Waals surface area contributed by atoms with E-state index in [4.69, 9.17) is 16.3 Å². The van der Waals surface area contributed by atoms with Gasteiger partial charge in [-0.15, -0.1) is 0 Å². The average Bonchev–Trinajstić information content (AvgIpc) is 3.34. The van der Waals surface area contributed by atoms with Crippen LogP contribution in [0.1, 0.15) is 27.7 Å². The minimum absolute atomic E-state index is 0.122. The van der Waals surface area contributed by atoms with Crippen molar-refractivity contribution in [3.05, 3.63) is 101 Å². The fourth-order valence-corrected chi connectivity index (χ4v) is 4.06. The van der Waals surface area contributed by atoms with E-state index in [1.165, 1.54) is 0 Å². The van der Waals surface area contributed by atoms with Crippen LogP contribution in [0.4, 0.5) is 5.69 Å². The minimum Gasteiger partial charge on any atom is -0.497 e. The zero-order valence-corrected chi connectivity index (χ0v) is 16.9. The molecule has 148 valence electrons. The van der Waals surface area contributed by atoms with Crippen molar-refractivity contribution in [2.24, 2.45) is 0 Å². The number of aromatic nitrogens is 2. The Morgan fingerprint density at radius 1 is 0.967 bits per heavy atom. The lowest BCUT2D eigenvalue weighted by Crippen LogP contribution is -2.29. The van der Waals surface area contributed by atoms with E-state index in [0.29, 0.717) is 10.7 Å². The molecule has 1 N–H and O–H groups in total. The molecule has 0 aliphatic carbocycles. The Balaban J connectivity index is 1.70. The lowest BCUT2D eigenvalue weighted by atomic mass is 9.96. The van der Waals surface area contributed by atoms with Gasteiger partial charge in [0, 0.05) is 21.8 Å². The topological polar surface area (TPSA) is 58.2 Å². The summed E-state index contributed by atoms with van der Waals surface area (Å²) in [5.41, 5.74) is 4.84. The number of fused-ring (bicyclic) bond motifs is 1. The molecule has 0 saturated heterocycles. The summed E-state index contributed by atoms with van der Waals surface area (Å²) in [6.07, 6.45) is 0. The second-order valence-electron chi connectivity index (χ2n) is 7.05. The van der Waals surface area contributed by atoms with Gasteiger partial charge in [-0.25, -0.2) is 0 Å². The van der Waals surface area contributed by atoms with Gasteiger partial charge in [0.1, 0.15) is 11.4 Å². The van der Waals surface area contributed by atoms with E-state index >= 15 is 0 Å². The van der Waals surface area contributed by atoms with Crippen molar-refractivity contribution in [2.75, 3.05) is 12.0 Å². The maximum Gasteiger partial charge on any atom is 0.277 e. The van der Waals surface area contributed by atoms with E-state index in [-0.39, 0.29) is 11.9 Å². The Morgan fingerprint density at radius 3 is 2.33 bits per heavy atom. The highest BCUT2D eigenvalue weighted by molar-refractivity contribution is 6.30. The third-order valence-electron chi connectivity index (χ3n) is 5.35. The Morgan fingerprint density at radius 2 is 1.67 bits per heavy atom. The first-order valence-corrected chi connectivity index (χ1v) is 9.92. The first kappa shape index (κ1) is 18.5. The zero-order valence-electron chi connectivity index (χ0n) is 16.2. The van der Waals surface area contributed by atoms with Gasteiger partial charge in [0.15, 0.2) is 0 Å². The van der Waals surface area contributed by atoms with E-state index in [9.17, 15) is 4.79 Å². The fraction of sp³-hybridized carbons (Fsp3) is 0.0833. The predicted molar refractivity (Wildman–Crippen MR) is 117 cm³/mol. The molecule has 0 radical (unpaired) electrons. The van der Waals surface area contributed by atoms with Crippen molar-refractivity contribution in [1.82, 2.24) is 10.2 Å². The van der Waals surface area contributed by atoms with Crippen LogP contribution in [0.25, 0.3) is 11.3 Å². The van der Waals surface area contributed by atoms with E-state index in [0.717, 1.165) is 33.8 Å². The molecule has 1 atom stereocenters. The molecule has 6 heteroatoms. The first-order valence-electron chi connectivity index (χ1n) is 9.54. The van der Waals surface area contributed by atoms with Crippen molar-refractivity contribution in [3.8, 4) is 17.0 Å². The summed E-state index contributed by atoms with van der Waals surface area (Å²) in [6, 6.07) is 24.6. The van der Waals surface area contributed by atoms with Crippen LogP contribution in [0, 0.1) is 0 Å². The number of nitrogens with one attached hydrogen (secondary N) is 1. The molecule has 1 aliphatic rings. The molecule has 0 unspecified atom stereocenters. The number of methoxy groups -OCH3 is 1. The number of hydrogen-bond acceptors (Lipinski definition) is 3. The van der Waals surface area contributed by atoms with Crippen molar-refractivity contribution in [1.29, 1.82) is 0 Å². The molecule has 4 aromatic rings. The van der Waals surface area contributed by atoms with Crippen molar-refractivity contribution >= 4 is 23.2 Å². The molecule has 5 nitrogen and oxygen atoms in total. The van der Waals surface area contributed by atoms with Gasteiger partial charge in [0.2, 0.25) is 0 Å². The van der Waals surface area contributed by atoms with Gasteiger partial charge in [-0.1, -0.05) is 54.1 Å². The summed E-state index contributed by atoms with van der Waals surface area (Å²) in [6.45, 7) is 0. The van der Waals surface area contributed by atoms with Gasteiger partial charge in [0.05, 0.1) is 18.8 Å². The number of amides is 1. The van der Waals surface area contributed by atoms with Crippen LogP contribution in [-0.4, -0.2) is 23.2 Å². The molecular formula is C24H18ClN3O2. The summed E-state index contributed by atoms with van der Waals surface area (Å²) in [4.78, 5) is 15.2. The maximum atomic E-state index is 13.4. The molecule has 1 amide bonds. The summed E-state index contributed by atoms with van der Waals surface area (Å²) >= 11 is 6.08. The summed E-state index contributed by atoms with van der Waals surface area (Å²) < 4.78 is 5.31. The van der Waals surface area contributed by atoms with Crippen molar-refractivity contribution < 1.29 is 9.53 Å². The molecule has 1 aliphatic heterocycles. The molecule has 0 saturated carbocycles. The monoisotopic (exact) mass is 415 g/mol. The standard InChI is InChI=1S/C24H18ClN3O2/c1-30-19-13-7-16(8-14-19)23-20-21(15-5-3-2-4-6-15)26-27-22(20)24(29)28(23)18-11-9-17(25)10-12-18/h2-14,23H,1H3,(H,26,27)/t23-/m0/s1. The number of halogens is 1. The average molecular weight is 416 g/mol. The third kappa shape index (κ3) is 2.95. The van der Waals surface area contributed by atoms with Gasteiger partial charge in [0.25, 0.3) is 5.91 Å². The largest absolute Gasteiger partial charge is 0.497 e. The number of ether oxygens (including phenoxy) is 1. The van der Waals surface area contributed by atoms with Gasteiger partial charge < -0.3 is 4.74 Å². The number of hydrogen-bond donors (Lipinski definition) is 1. The second-order valence-corrected chi connectivity index (χ2v) is 7.49. The van der Waals surface area contributed by atoms with Crippen LogP contribution in [0.5, 0.6) is 5.75 Å². The number of anilines is 1. The molecule has 0 fully saturated rings. The molecule has 2 heterocycles. The normalized spacial score (nSPS) is 15.3. The Kier molecular flexibility index (Phi) is 4.52. The smallest absolute Gasteiger partial charge is 0.277 e. The van der Waals surface area contributed by atoms with Crippen LogP contribution in [-0.2, 0) is 0 Å². The number of benzene rings is 3. The van der Waals surface area contributed by atoms with Crippen LogP contribution in [0.2, 0.25) is 5.02 Å². The number of rotatable bonds is 4. The molecule has 30 heavy (non-hydrogen) atoms. The predicted octanol–water partition coefficient (Wildman–Crippen LogP) is 5.49. The Bertz CT molecular complexity index is 1200. The van der Waals surface area contributed by atoms with Gasteiger partial charge in [-0.3, -0.25) is 14.8 Å². The first-order chi connectivity index (χ1) is 14.7. The second kappa shape index (κ2) is 7.35. The van der Waals surface area contributed by atoms with Crippen LogP contribution < -0.4 is 9.64 Å².